The van der Waals surface area contributed by atoms with E-state index >= 15 is 0 Å². The zero-order chi connectivity index (χ0) is 53.7. The number of rotatable bonds is 12. The predicted octanol–water partition coefficient (Wildman–Crippen LogP) is 10.1. The van der Waals surface area contributed by atoms with E-state index in [2.05, 4.69) is 26.6 Å². The number of anilines is 5. The Labute approximate surface area is 426 Å². The summed E-state index contributed by atoms with van der Waals surface area (Å²) in [6.07, 6.45) is 0. The molecule has 0 aliphatic heterocycles. The molecule has 0 radical (unpaired) electrons. The minimum Gasteiger partial charge on any atom is -0.338 e. The highest BCUT2D eigenvalue weighted by Crippen LogP contribution is 2.46. The van der Waals surface area contributed by atoms with E-state index < -0.39 is 55.7 Å². The quantitative estimate of drug-likeness (QED) is 0.0561. The first kappa shape index (κ1) is 52.7. The Hall–Kier alpha value is -6.65. The molecule has 0 atom stereocenters. The van der Waals surface area contributed by atoms with Gasteiger partial charge in [-0.3, -0.25) is 23.1 Å². The highest BCUT2D eigenvalue weighted by atomic mass is 32.2. The predicted molar refractivity (Wildman–Crippen MR) is 274 cm³/mol. The van der Waals surface area contributed by atoms with E-state index in [1.807, 2.05) is 20.8 Å². The van der Waals surface area contributed by atoms with Gasteiger partial charge in [0.05, 0.1) is 41.6 Å². The van der Waals surface area contributed by atoms with E-state index in [9.17, 15) is 57.1 Å². The van der Waals surface area contributed by atoms with Gasteiger partial charge in [0.25, 0.3) is 40.5 Å². The second-order valence-electron chi connectivity index (χ2n) is 17.8. The second-order valence-corrected chi connectivity index (χ2v) is 25.4. The maximum absolute atomic E-state index is 13.0. The summed E-state index contributed by atoms with van der Waals surface area (Å²) < 4.78 is 142. The summed E-state index contributed by atoms with van der Waals surface area (Å²) in [5.41, 5.74) is 2.00. The van der Waals surface area contributed by atoms with Crippen LogP contribution in [0.3, 0.4) is 0 Å². The van der Waals surface area contributed by atoms with Gasteiger partial charge >= 0.3 is 0 Å². The van der Waals surface area contributed by atoms with Crippen LogP contribution in [0.4, 0.5) is 39.6 Å². The monoisotopic (exact) mass is 1110 g/mol. The van der Waals surface area contributed by atoms with Gasteiger partial charge in [0.15, 0.2) is 16.8 Å². The first-order valence-corrected chi connectivity index (χ1v) is 28.6. The van der Waals surface area contributed by atoms with E-state index in [0.29, 0.717) is 27.0 Å². The van der Waals surface area contributed by atoms with Crippen LogP contribution >= 0.6 is 22.7 Å². The molecule has 8 rings (SSSR count). The molecule has 0 amide bonds. The Morgan fingerprint density at radius 1 is 0.658 bits per heavy atom. The van der Waals surface area contributed by atoms with Crippen molar-refractivity contribution in [3.8, 4) is 11.2 Å². The number of aromatic nitrogens is 5. The number of fused-ring (bicyclic) bond motifs is 2. The highest BCUT2D eigenvalue weighted by molar-refractivity contribution is 7.86. The number of azo groups is 1. The first-order valence-electron chi connectivity index (χ1n) is 21.2. The third-order valence-corrected chi connectivity index (χ3v) is 17.4. The van der Waals surface area contributed by atoms with Crippen molar-refractivity contribution >= 4 is 123 Å². The van der Waals surface area contributed by atoms with E-state index in [1.165, 1.54) is 91.9 Å². The lowest BCUT2D eigenvalue weighted by atomic mass is 9.90. The highest BCUT2D eigenvalue weighted by Gasteiger charge is 2.32. The topological polar surface area (TPSA) is 338 Å². The third-order valence-electron chi connectivity index (χ3n) is 11.4. The number of nitriles is 1. The third kappa shape index (κ3) is 10.1. The molecule has 73 heavy (non-hydrogen) atoms. The fraction of sp³-hybridized carbons (Fsp3) is 0.222. The molecule has 0 unspecified atom stereocenters. The molecule has 0 spiro atoms. The van der Waals surface area contributed by atoms with Gasteiger partial charge in [-0.25, -0.2) is 15.0 Å². The van der Waals surface area contributed by atoms with Crippen LogP contribution in [0.1, 0.15) is 65.4 Å². The van der Waals surface area contributed by atoms with Crippen molar-refractivity contribution in [2.24, 2.45) is 10.2 Å². The average molecular weight is 1110 g/mol. The molecular weight excluding hydrogens is 1060 g/mol. The van der Waals surface area contributed by atoms with E-state index in [4.69, 9.17) is 15.1 Å². The number of pyridine rings is 1. The summed E-state index contributed by atoms with van der Waals surface area (Å²) in [6, 6.07) is 15.7. The lowest BCUT2D eigenvalue weighted by Gasteiger charge is -2.27. The van der Waals surface area contributed by atoms with Crippen molar-refractivity contribution in [3.63, 3.8) is 0 Å². The molecule has 0 aliphatic rings. The number of nitrogens with one attached hydrogen (secondary N) is 1. The average Bonchev–Trinajstić information content (AvgIpc) is 3.98. The largest absolute Gasteiger partial charge is 0.338 e. The zero-order valence-corrected chi connectivity index (χ0v) is 44.7. The van der Waals surface area contributed by atoms with Crippen molar-refractivity contribution in [3.05, 3.63) is 105 Å². The SMILES string of the molecule is Cc1cc(C)c(S(=O)(=O)O)c(C)c1Nc1nc(N(c2nc3ccc(S(=O)(=O)O)cc3s2)c2c(C)cc(C)c(S(=O)(=O)O)c2C)ccc1/N=N/c1c(C#N)c(C(C)(C)C)nn1-c1nc2ccc(S(=O)(=O)O)cc2s1. The van der Waals surface area contributed by atoms with E-state index in [1.54, 1.807) is 13.8 Å². The molecule has 0 aliphatic carbocycles. The second kappa shape index (κ2) is 18.4. The number of nitrogens with zero attached hydrogens (tertiary/aromatic N) is 9. The van der Waals surface area contributed by atoms with Crippen LogP contribution in [0, 0.1) is 52.9 Å². The van der Waals surface area contributed by atoms with Gasteiger partial charge in [-0.15, -0.1) is 10.2 Å². The fourth-order valence-electron chi connectivity index (χ4n) is 8.48. The van der Waals surface area contributed by atoms with Gasteiger partial charge < -0.3 is 5.32 Å². The van der Waals surface area contributed by atoms with Crippen LogP contribution in [0.2, 0.25) is 0 Å². The number of hydrogen-bond acceptors (Lipinski definition) is 19. The number of benzene rings is 4. The molecule has 5 N–H and O–H groups in total. The Kier molecular flexibility index (Phi) is 13.3. The Morgan fingerprint density at radius 2 is 1.21 bits per heavy atom. The molecule has 28 heteroatoms. The van der Waals surface area contributed by atoms with Crippen LogP contribution in [0.25, 0.3) is 25.6 Å². The Morgan fingerprint density at radius 3 is 1.75 bits per heavy atom. The maximum Gasteiger partial charge on any atom is 0.295 e. The number of thiazole rings is 2. The van der Waals surface area contributed by atoms with Crippen molar-refractivity contribution < 1.29 is 51.9 Å². The Bertz CT molecular complexity index is 4210. The number of aryl methyl sites for hydroxylation is 4. The lowest BCUT2D eigenvalue weighted by molar-refractivity contribution is 0.479. The van der Waals surface area contributed by atoms with Gasteiger partial charge in [0.1, 0.15) is 32.9 Å². The summed E-state index contributed by atoms with van der Waals surface area (Å²) >= 11 is 1.93. The minimum absolute atomic E-state index is 0.000726. The van der Waals surface area contributed by atoms with Crippen molar-refractivity contribution in [1.29, 1.82) is 5.26 Å². The van der Waals surface area contributed by atoms with Crippen LogP contribution in [-0.4, -0.2) is 76.6 Å². The molecule has 0 saturated heterocycles. The van der Waals surface area contributed by atoms with Crippen molar-refractivity contribution in [2.75, 3.05) is 10.2 Å². The van der Waals surface area contributed by atoms with Crippen molar-refractivity contribution in [1.82, 2.24) is 24.7 Å². The van der Waals surface area contributed by atoms with Gasteiger partial charge in [-0.2, -0.15) is 48.7 Å². The molecule has 0 saturated carbocycles. The van der Waals surface area contributed by atoms with E-state index in [-0.39, 0.29) is 92.6 Å². The normalized spacial score (nSPS) is 12.8. The zero-order valence-electron chi connectivity index (χ0n) is 39.8. The summed E-state index contributed by atoms with van der Waals surface area (Å²) in [7, 11) is -18.9. The molecule has 0 fully saturated rings. The number of hydrogen-bond donors (Lipinski definition) is 5. The molecule has 8 aromatic rings. The smallest absolute Gasteiger partial charge is 0.295 e. The van der Waals surface area contributed by atoms with Crippen molar-refractivity contribution in [2.45, 2.75) is 87.3 Å². The molecule has 4 aromatic heterocycles. The standard InChI is InChI=1S/C45H42N10O12S6/c1-21-16-23(3)38(72(62,63)64)25(5)36(21)50-41-32(51-52-42-29(20-46)40(45(7,8)9)53-55(42)44-48-31-13-11-28(71(59,60)61)19-34(31)69-44)14-15-35(49-41)54(37-22(2)17-24(4)39(26(37)6)73(65,66)67)43-47-30-12-10-27(70(56,57)58)18-33(30)68-43/h10-19H,1-9H3,(H,49,50)(H,56,57,58)(H,59,60,61)(H,62,63,64)(H,65,66,67)/b52-51+. The van der Waals surface area contributed by atoms with E-state index in [0.717, 1.165) is 28.7 Å². The fourth-order valence-corrected chi connectivity index (χ4v) is 13.5. The van der Waals surface area contributed by atoms with Crippen LogP contribution in [0.15, 0.2) is 90.5 Å². The van der Waals surface area contributed by atoms with Crippen LogP contribution in [0.5, 0.6) is 0 Å². The van der Waals surface area contributed by atoms with Gasteiger partial charge in [-0.05, 0) is 123 Å². The summed E-state index contributed by atoms with van der Waals surface area (Å²) in [6.45, 7) is 14.7. The molecule has 22 nitrogen and oxygen atoms in total. The summed E-state index contributed by atoms with van der Waals surface area (Å²) in [4.78, 5) is 14.2. The van der Waals surface area contributed by atoms with Gasteiger partial charge in [0, 0.05) is 11.1 Å². The molecule has 4 heterocycles. The maximum atomic E-state index is 13.0. The molecule has 0 bridgehead atoms. The molecule has 4 aromatic carbocycles. The van der Waals surface area contributed by atoms with Crippen LogP contribution < -0.4 is 10.2 Å². The molecule has 380 valence electrons. The summed E-state index contributed by atoms with van der Waals surface area (Å²) in [5, 5.41) is 27.9. The first-order chi connectivity index (χ1) is 33.8. The lowest BCUT2D eigenvalue weighted by Crippen LogP contribution is -2.17. The van der Waals surface area contributed by atoms with Gasteiger partial charge in [0.2, 0.25) is 5.13 Å². The van der Waals surface area contributed by atoms with Gasteiger partial charge in [-0.1, -0.05) is 55.6 Å². The minimum atomic E-state index is -4.86. The Balaban J connectivity index is 1.41. The van der Waals surface area contributed by atoms with Crippen LogP contribution in [-0.2, 0) is 45.9 Å². The molecular formula is C45H42N10O12S6. The summed E-state index contributed by atoms with van der Waals surface area (Å²) in [5.74, 6) is -0.245.